The molecule has 1 saturated heterocycles. The van der Waals surface area contributed by atoms with Crippen LogP contribution < -0.4 is 0 Å². The number of piperazine rings is 1. The Bertz CT molecular complexity index is 553. The molecule has 0 aromatic carbocycles. The molecule has 1 aromatic rings. The van der Waals surface area contributed by atoms with Crippen molar-refractivity contribution in [1.29, 1.82) is 0 Å². The zero-order chi connectivity index (χ0) is 17.0. The highest BCUT2D eigenvalue weighted by Crippen LogP contribution is 2.23. The lowest BCUT2D eigenvalue weighted by atomic mass is 10.2. The van der Waals surface area contributed by atoms with Gasteiger partial charge >= 0.3 is 0 Å². The van der Waals surface area contributed by atoms with Crippen molar-refractivity contribution in [3.63, 3.8) is 0 Å². The van der Waals surface area contributed by atoms with Gasteiger partial charge in [0.05, 0.1) is 15.2 Å². The molecule has 0 aliphatic carbocycles. The largest absolute Gasteiger partial charge is 0.339 e. The van der Waals surface area contributed by atoms with Crippen molar-refractivity contribution in [3.8, 4) is 0 Å². The van der Waals surface area contributed by atoms with Gasteiger partial charge in [0.15, 0.2) is 0 Å². The Kier molecular flexibility index (Phi) is 6.61. The van der Waals surface area contributed by atoms with Gasteiger partial charge in [-0.05, 0) is 34.0 Å². The first kappa shape index (κ1) is 18.4. The molecule has 0 radical (unpaired) electrons. The predicted octanol–water partition coefficient (Wildman–Crippen LogP) is 2.38. The molecule has 1 fully saturated rings. The molecular weight excluding hydrogens is 378 g/mol. The van der Waals surface area contributed by atoms with Crippen molar-refractivity contribution in [3.05, 3.63) is 20.8 Å². The van der Waals surface area contributed by atoms with Crippen LogP contribution in [0.25, 0.3) is 0 Å². The van der Waals surface area contributed by atoms with Crippen molar-refractivity contribution in [1.82, 2.24) is 14.7 Å². The van der Waals surface area contributed by atoms with E-state index in [0.717, 1.165) is 36.5 Å². The number of nitrogens with zero attached hydrogens (tertiary/aromatic N) is 3. The third-order valence-corrected chi connectivity index (χ3v) is 5.46. The second kappa shape index (κ2) is 8.26. The number of carbonyl (C=O) groups is 2. The Morgan fingerprint density at radius 3 is 2.43 bits per heavy atom. The van der Waals surface area contributed by atoms with E-state index in [1.807, 2.05) is 11.0 Å². The van der Waals surface area contributed by atoms with Gasteiger partial charge < -0.3 is 9.80 Å². The zero-order valence-electron chi connectivity index (χ0n) is 13.9. The summed E-state index contributed by atoms with van der Waals surface area (Å²) in [6.07, 6.45) is 0. The summed E-state index contributed by atoms with van der Waals surface area (Å²) in [5.74, 6) is 0.569. The van der Waals surface area contributed by atoms with Gasteiger partial charge in [0.2, 0.25) is 5.91 Å². The standard InChI is InChI=1S/C16H24BrN3O2S/c1-12(2)10-19-6-8-20(9-7-19)15(21)11-18(3)16(22)13-4-5-14(17)23-13/h4-5,12H,6-11H2,1-3H3. The number of likely N-dealkylation sites (N-methyl/N-ethyl adjacent to an activating group) is 1. The molecule has 0 unspecified atom stereocenters. The fourth-order valence-corrected chi connectivity index (χ4v) is 4.07. The third kappa shape index (κ3) is 5.29. The molecule has 0 saturated carbocycles. The first-order valence-corrected chi connectivity index (χ1v) is 9.48. The Labute approximate surface area is 150 Å². The van der Waals surface area contributed by atoms with Crippen molar-refractivity contribution in [2.24, 2.45) is 5.92 Å². The number of hydrogen-bond donors (Lipinski definition) is 0. The second-order valence-corrected chi connectivity index (χ2v) is 8.80. The summed E-state index contributed by atoms with van der Waals surface area (Å²) in [6.45, 7) is 8.96. The lowest BCUT2D eigenvalue weighted by Gasteiger charge is -2.36. The molecule has 0 N–H and O–H groups in total. The van der Waals surface area contributed by atoms with Crippen LogP contribution in [-0.2, 0) is 4.79 Å². The highest BCUT2D eigenvalue weighted by atomic mass is 79.9. The molecule has 7 heteroatoms. The highest BCUT2D eigenvalue weighted by Gasteiger charge is 2.24. The molecule has 1 aliphatic heterocycles. The maximum absolute atomic E-state index is 12.4. The van der Waals surface area contributed by atoms with Gasteiger partial charge in [-0.25, -0.2) is 0 Å². The minimum Gasteiger partial charge on any atom is -0.339 e. The molecular formula is C16H24BrN3O2S. The Hall–Kier alpha value is -0.920. The van der Waals surface area contributed by atoms with Gasteiger partial charge in [-0.15, -0.1) is 11.3 Å². The van der Waals surface area contributed by atoms with Gasteiger partial charge in [0, 0.05) is 39.8 Å². The lowest BCUT2D eigenvalue weighted by molar-refractivity contribution is -0.133. The minimum atomic E-state index is -0.104. The normalized spacial score (nSPS) is 16.0. The summed E-state index contributed by atoms with van der Waals surface area (Å²) < 4.78 is 0.918. The zero-order valence-corrected chi connectivity index (χ0v) is 16.3. The van der Waals surface area contributed by atoms with E-state index in [4.69, 9.17) is 0 Å². The molecule has 2 rings (SSSR count). The lowest BCUT2D eigenvalue weighted by Crippen LogP contribution is -2.51. The summed E-state index contributed by atoms with van der Waals surface area (Å²) in [5.41, 5.74) is 0. The molecule has 1 aromatic heterocycles. The van der Waals surface area contributed by atoms with Crippen LogP contribution >= 0.6 is 27.3 Å². The van der Waals surface area contributed by atoms with E-state index in [9.17, 15) is 9.59 Å². The number of carbonyl (C=O) groups excluding carboxylic acids is 2. The van der Waals surface area contributed by atoms with E-state index >= 15 is 0 Å². The van der Waals surface area contributed by atoms with Gasteiger partial charge in [-0.2, -0.15) is 0 Å². The predicted molar refractivity (Wildman–Crippen MR) is 96.8 cm³/mol. The van der Waals surface area contributed by atoms with E-state index in [1.165, 1.54) is 16.2 Å². The fraction of sp³-hybridized carbons (Fsp3) is 0.625. The number of rotatable bonds is 5. The minimum absolute atomic E-state index is 0.0284. The maximum atomic E-state index is 12.4. The molecule has 2 heterocycles. The van der Waals surface area contributed by atoms with Gasteiger partial charge in [-0.1, -0.05) is 13.8 Å². The highest BCUT2D eigenvalue weighted by molar-refractivity contribution is 9.11. The van der Waals surface area contributed by atoms with Crippen LogP contribution in [-0.4, -0.2) is 72.8 Å². The third-order valence-electron chi connectivity index (χ3n) is 3.85. The van der Waals surface area contributed by atoms with Crippen LogP contribution in [0.4, 0.5) is 0 Å². The SMILES string of the molecule is CC(C)CN1CCN(C(=O)CN(C)C(=O)c2ccc(Br)s2)CC1. The van der Waals surface area contributed by atoms with Crippen LogP contribution in [0.5, 0.6) is 0 Å². The second-order valence-electron chi connectivity index (χ2n) is 6.34. The molecule has 0 bridgehead atoms. The van der Waals surface area contributed by atoms with Crippen molar-refractivity contribution >= 4 is 39.1 Å². The van der Waals surface area contributed by atoms with E-state index in [2.05, 4.69) is 34.7 Å². The fourth-order valence-electron chi connectivity index (χ4n) is 2.69. The summed E-state index contributed by atoms with van der Waals surface area (Å²) in [7, 11) is 1.68. The average molecular weight is 402 g/mol. The van der Waals surface area contributed by atoms with Crippen LogP contribution in [0.2, 0.25) is 0 Å². The summed E-state index contributed by atoms with van der Waals surface area (Å²) in [5, 5.41) is 0. The van der Waals surface area contributed by atoms with Crippen LogP contribution in [0, 0.1) is 5.92 Å². The molecule has 128 valence electrons. The number of hydrogen-bond acceptors (Lipinski definition) is 4. The Balaban J connectivity index is 1.81. The summed E-state index contributed by atoms with van der Waals surface area (Å²) in [4.78, 5) is 31.1. The first-order valence-electron chi connectivity index (χ1n) is 7.87. The Morgan fingerprint density at radius 2 is 1.91 bits per heavy atom. The van der Waals surface area contributed by atoms with E-state index in [-0.39, 0.29) is 18.4 Å². The summed E-state index contributed by atoms with van der Waals surface area (Å²) >= 11 is 4.74. The van der Waals surface area contributed by atoms with Gasteiger partial charge in [0.1, 0.15) is 0 Å². The molecule has 0 spiro atoms. The van der Waals surface area contributed by atoms with Crippen molar-refractivity contribution in [2.45, 2.75) is 13.8 Å². The molecule has 1 aliphatic rings. The van der Waals surface area contributed by atoms with Crippen LogP contribution in [0.15, 0.2) is 15.9 Å². The maximum Gasteiger partial charge on any atom is 0.264 e. The molecule has 0 atom stereocenters. The summed E-state index contributed by atoms with van der Waals surface area (Å²) in [6, 6.07) is 3.63. The number of halogens is 1. The number of amides is 2. The Morgan fingerprint density at radius 1 is 1.26 bits per heavy atom. The van der Waals surface area contributed by atoms with Crippen molar-refractivity contribution < 1.29 is 9.59 Å². The quantitative estimate of drug-likeness (QED) is 0.760. The van der Waals surface area contributed by atoms with E-state index in [0.29, 0.717) is 10.8 Å². The molecule has 5 nitrogen and oxygen atoms in total. The van der Waals surface area contributed by atoms with Crippen molar-refractivity contribution in [2.75, 3.05) is 46.3 Å². The van der Waals surface area contributed by atoms with E-state index < -0.39 is 0 Å². The van der Waals surface area contributed by atoms with E-state index in [1.54, 1.807) is 13.1 Å². The van der Waals surface area contributed by atoms with Gasteiger partial charge in [-0.3, -0.25) is 14.5 Å². The molecule has 2 amide bonds. The van der Waals surface area contributed by atoms with Crippen LogP contribution in [0.3, 0.4) is 0 Å². The monoisotopic (exact) mass is 401 g/mol. The smallest absolute Gasteiger partial charge is 0.264 e. The number of thiophene rings is 1. The molecule has 23 heavy (non-hydrogen) atoms. The van der Waals surface area contributed by atoms with Crippen LogP contribution in [0.1, 0.15) is 23.5 Å². The van der Waals surface area contributed by atoms with Gasteiger partial charge in [0.25, 0.3) is 5.91 Å². The average Bonchev–Trinajstić information content (AvgIpc) is 2.93. The first-order chi connectivity index (χ1) is 10.9. The topological polar surface area (TPSA) is 43.9 Å².